The van der Waals surface area contributed by atoms with Crippen molar-refractivity contribution in [2.75, 3.05) is 24.9 Å². The zero-order chi connectivity index (χ0) is 20.2. The maximum atomic E-state index is 13.0. The second kappa shape index (κ2) is 8.18. The Morgan fingerprint density at radius 2 is 1.79 bits per heavy atom. The normalized spacial score (nSPS) is 12.9. The van der Waals surface area contributed by atoms with Crippen LogP contribution in [0.1, 0.15) is 23.3 Å². The summed E-state index contributed by atoms with van der Waals surface area (Å²) in [6.45, 7) is 0. The molecule has 2 aromatic carbocycles. The summed E-state index contributed by atoms with van der Waals surface area (Å²) in [5.74, 6) is 1.94. The number of hydrogen-bond donors (Lipinski definition) is 2. The number of amides is 1. The minimum atomic E-state index is -0.352. The van der Waals surface area contributed by atoms with Crippen LogP contribution in [-0.4, -0.2) is 36.1 Å². The van der Waals surface area contributed by atoms with Crippen molar-refractivity contribution in [3.8, 4) is 22.9 Å². The summed E-state index contributed by atoms with van der Waals surface area (Å²) in [5.41, 5.74) is 1.63. The minimum Gasteiger partial charge on any atom is -0.497 e. The van der Waals surface area contributed by atoms with Crippen LogP contribution in [-0.2, 0) is 0 Å². The summed E-state index contributed by atoms with van der Waals surface area (Å²) in [5, 5.41) is 6.22. The summed E-state index contributed by atoms with van der Waals surface area (Å²) < 4.78 is 10.6. The van der Waals surface area contributed by atoms with Crippen LogP contribution in [0.2, 0.25) is 0 Å². The number of methoxy groups -OCH3 is 2. The molecule has 1 fully saturated rings. The molecule has 4 rings (SSSR count). The van der Waals surface area contributed by atoms with E-state index in [9.17, 15) is 4.79 Å². The lowest BCUT2D eigenvalue weighted by molar-refractivity contribution is 0.102. The van der Waals surface area contributed by atoms with E-state index in [0.29, 0.717) is 34.9 Å². The molecule has 0 atom stereocenters. The maximum absolute atomic E-state index is 13.0. The fourth-order valence-electron chi connectivity index (χ4n) is 2.89. The Kier molecular flexibility index (Phi) is 5.29. The number of ether oxygens (including phenoxy) is 2. The standard InChI is InChI=1S/C22H22N4O3/c1-28-16-10-11-19(29-2)17(12-16)25-22(27)18-13-20(23-15-8-9-15)26-21(24-18)14-6-4-3-5-7-14/h3-7,10-13,15H,8-9H2,1-2H3,(H,25,27)(H,23,24,26). The van der Waals surface area contributed by atoms with Gasteiger partial charge in [0.15, 0.2) is 5.82 Å². The van der Waals surface area contributed by atoms with Gasteiger partial charge in [0.1, 0.15) is 23.0 Å². The van der Waals surface area contributed by atoms with E-state index in [1.807, 2.05) is 30.3 Å². The molecule has 2 N–H and O–H groups in total. The van der Waals surface area contributed by atoms with E-state index in [0.717, 1.165) is 18.4 Å². The first-order chi connectivity index (χ1) is 14.2. The van der Waals surface area contributed by atoms with Gasteiger partial charge in [-0.05, 0) is 25.0 Å². The van der Waals surface area contributed by atoms with Crippen molar-refractivity contribution in [3.63, 3.8) is 0 Å². The van der Waals surface area contributed by atoms with Crippen molar-refractivity contribution in [3.05, 3.63) is 60.3 Å². The Morgan fingerprint density at radius 1 is 1.00 bits per heavy atom. The van der Waals surface area contributed by atoms with Gasteiger partial charge in [-0.25, -0.2) is 9.97 Å². The average molecular weight is 390 g/mol. The van der Waals surface area contributed by atoms with Gasteiger partial charge in [-0.1, -0.05) is 30.3 Å². The fourth-order valence-corrected chi connectivity index (χ4v) is 2.89. The number of anilines is 2. The first-order valence-electron chi connectivity index (χ1n) is 9.40. The molecular formula is C22H22N4O3. The zero-order valence-electron chi connectivity index (χ0n) is 16.3. The van der Waals surface area contributed by atoms with Crippen molar-refractivity contribution >= 4 is 17.4 Å². The van der Waals surface area contributed by atoms with Gasteiger partial charge in [-0.15, -0.1) is 0 Å². The van der Waals surface area contributed by atoms with Gasteiger partial charge in [-0.2, -0.15) is 0 Å². The number of benzene rings is 2. The molecule has 0 unspecified atom stereocenters. The van der Waals surface area contributed by atoms with Crippen molar-refractivity contribution in [1.82, 2.24) is 9.97 Å². The maximum Gasteiger partial charge on any atom is 0.274 e. The van der Waals surface area contributed by atoms with Gasteiger partial charge in [0.2, 0.25) is 0 Å². The Hall–Kier alpha value is -3.61. The highest BCUT2D eigenvalue weighted by atomic mass is 16.5. The van der Waals surface area contributed by atoms with E-state index in [4.69, 9.17) is 9.47 Å². The summed E-state index contributed by atoms with van der Waals surface area (Å²) in [6, 6.07) is 16.9. The molecule has 3 aromatic rings. The van der Waals surface area contributed by atoms with Crippen molar-refractivity contribution in [2.45, 2.75) is 18.9 Å². The molecule has 0 saturated heterocycles. The molecule has 0 aliphatic heterocycles. The zero-order valence-corrected chi connectivity index (χ0v) is 16.3. The molecule has 0 bridgehead atoms. The van der Waals surface area contributed by atoms with Crippen molar-refractivity contribution in [2.24, 2.45) is 0 Å². The van der Waals surface area contributed by atoms with E-state index in [1.54, 1.807) is 38.5 Å². The minimum absolute atomic E-state index is 0.270. The second-order valence-electron chi connectivity index (χ2n) is 6.77. The summed E-state index contributed by atoms with van der Waals surface area (Å²) in [4.78, 5) is 22.1. The number of carbonyl (C=O) groups excluding carboxylic acids is 1. The van der Waals surface area contributed by atoms with Crippen molar-refractivity contribution in [1.29, 1.82) is 0 Å². The predicted molar refractivity (Wildman–Crippen MR) is 112 cm³/mol. The third-order valence-electron chi connectivity index (χ3n) is 4.57. The molecule has 0 radical (unpaired) electrons. The van der Waals surface area contributed by atoms with E-state index in [-0.39, 0.29) is 11.6 Å². The molecule has 1 amide bonds. The van der Waals surface area contributed by atoms with Crippen LogP contribution in [0.5, 0.6) is 11.5 Å². The summed E-state index contributed by atoms with van der Waals surface area (Å²) in [6.07, 6.45) is 2.21. The number of rotatable bonds is 7. The SMILES string of the molecule is COc1ccc(OC)c(NC(=O)c2cc(NC3CC3)nc(-c3ccccc3)n2)c1. The summed E-state index contributed by atoms with van der Waals surface area (Å²) in [7, 11) is 3.12. The van der Waals surface area contributed by atoms with Gasteiger partial charge in [0.25, 0.3) is 5.91 Å². The Balaban J connectivity index is 1.67. The van der Waals surface area contributed by atoms with Gasteiger partial charge in [-0.3, -0.25) is 4.79 Å². The highest BCUT2D eigenvalue weighted by molar-refractivity contribution is 6.04. The first kappa shape index (κ1) is 18.7. The van der Waals surface area contributed by atoms with Crippen molar-refractivity contribution < 1.29 is 14.3 Å². The Labute approximate surface area is 169 Å². The fraction of sp³-hybridized carbons (Fsp3) is 0.227. The largest absolute Gasteiger partial charge is 0.497 e. The topological polar surface area (TPSA) is 85.4 Å². The quantitative estimate of drug-likeness (QED) is 0.635. The molecule has 7 nitrogen and oxygen atoms in total. The van der Waals surface area contributed by atoms with E-state index >= 15 is 0 Å². The number of hydrogen-bond acceptors (Lipinski definition) is 6. The smallest absolute Gasteiger partial charge is 0.274 e. The first-order valence-corrected chi connectivity index (χ1v) is 9.40. The Bertz CT molecular complexity index is 1020. The van der Waals surface area contributed by atoms with Gasteiger partial charge in [0.05, 0.1) is 19.9 Å². The lowest BCUT2D eigenvalue weighted by Gasteiger charge is -2.13. The number of nitrogens with one attached hydrogen (secondary N) is 2. The van der Waals surface area contributed by atoms with Crippen LogP contribution in [0.3, 0.4) is 0 Å². The van der Waals surface area contributed by atoms with Crippen LogP contribution in [0, 0.1) is 0 Å². The molecule has 29 heavy (non-hydrogen) atoms. The van der Waals surface area contributed by atoms with Crippen LogP contribution in [0.25, 0.3) is 11.4 Å². The predicted octanol–water partition coefficient (Wildman–Crippen LogP) is 3.99. The molecule has 148 valence electrons. The molecule has 7 heteroatoms. The number of carbonyl (C=O) groups is 1. The monoisotopic (exact) mass is 390 g/mol. The van der Waals surface area contributed by atoms with E-state index in [2.05, 4.69) is 20.6 Å². The average Bonchev–Trinajstić information content (AvgIpc) is 3.58. The van der Waals surface area contributed by atoms with Crippen LogP contribution >= 0.6 is 0 Å². The molecule has 1 heterocycles. The van der Waals surface area contributed by atoms with E-state index < -0.39 is 0 Å². The highest BCUT2D eigenvalue weighted by Crippen LogP contribution is 2.30. The van der Waals surface area contributed by atoms with Crippen LogP contribution in [0.15, 0.2) is 54.6 Å². The molecule has 1 saturated carbocycles. The molecular weight excluding hydrogens is 368 g/mol. The lowest BCUT2D eigenvalue weighted by atomic mass is 10.2. The number of aromatic nitrogens is 2. The molecule has 1 aliphatic rings. The molecule has 1 aromatic heterocycles. The molecule has 0 spiro atoms. The third kappa shape index (κ3) is 4.45. The number of nitrogens with zero attached hydrogens (tertiary/aromatic N) is 2. The lowest BCUT2D eigenvalue weighted by Crippen LogP contribution is -2.16. The van der Waals surface area contributed by atoms with Gasteiger partial charge >= 0.3 is 0 Å². The van der Waals surface area contributed by atoms with Gasteiger partial charge < -0.3 is 20.1 Å². The van der Waals surface area contributed by atoms with Crippen LogP contribution in [0.4, 0.5) is 11.5 Å². The molecule has 1 aliphatic carbocycles. The van der Waals surface area contributed by atoms with E-state index in [1.165, 1.54) is 0 Å². The third-order valence-corrected chi connectivity index (χ3v) is 4.57. The highest BCUT2D eigenvalue weighted by Gasteiger charge is 2.23. The van der Waals surface area contributed by atoms with Crippen LogP contribution < -0.4 is 20.1 Å². The van der Waals surface area contributed by atoms with Gasteiger partial charge in [0, 0.05) is 23.7 Å². The Morgan fingerprint density at radius 3 is 2.48 bits per heavy atom. The summed E-state index contributed by atoms with van der Waals surface area (Å²) >= 11 is 0. The second-order valence-corrected chi connectivity index (χ2v) is 6.77.